The molecule has 0 radical (unpaired) electrons. The van der Waals surface area contributed by atoms with E-state index < -0.39 is 12.8 Å². The molecule has 0 aliphatic heterocycles. The van der Waals surface area contributed by atoms with Crippen LogP contribution in [-0.2, 0) is 9.47 Å². The predicted molar refractivity (Wildman–Crippen MR) is 53.1 cm³/mol. The molecule has 0 spiro atoms. The van der Waals surface area contributed by atoms with Crippen LogP contribution in [0.3, 0.4) is 0 Å². The van der Waals surface area contributed by atoms with Crippen molar-refractivity contribution in [2.24, 2.45) is 5.73 Å². The Morgan fingerprint density at radius 1 is 1.06 bits per heavy atom. The van der Waals surface area contributed by atoms with Crippen LogP contribution in [0.25, 0.3) is 0 Å². The lowest BCUT2D eigenvalue weighted by Crippen LogP contribution is -2.31. The minimum Gasteiger partial charge on any atom is -0.376 e. The fourth-order valence-electron chi connectivity index (χ4n) is 1.72. The molecule has 0 amide bonds. The topological polar surface area (TPSA) is 44.5 Å². The molecule has 1 aliphatic rings. The van der Waals surface area contributed by atoms with Gasteiger partial charge in [-0.2, -0.15) is 13.2 Å². The van der Waals surface area contributed by atoms with Crippen LogP contribution in [-0.4, -0.2) is 38.1 Å². The van der Waals surface area contributed by atoms with Gasteiger partial charge >= 0.3 is 6.18 Å². The maximum Gasteiger partial charge on any atom is 0.411 e. The van der Waals surface area contributed by atoms with Crippen molar-refractivity contribution in [3.05, 3.63) is 0 Å². The molecule has 0 heterocycles. The number of nitrogens with two attached hydrogens (primary N) is 1. The number of hydrogen-bond acceptors (Lipinski definition) is 3. The molecular weight excluding hydrogens is 223 g/mol. The van der Waals surface area contributed by atoms with E-state index in [1.165, 1.54) is 0 Å². The summed E-state index contributed by atoms with van der Waals surface area (Å²) >= 11 is 0. The minimum atomic E-state index is -4.25. The Morgan fingerprint density at radius 3 is 2.25 bits per heavy atom. The zero-order chi connectivity index (χ0) is 12.0. The molecule has 3 nitrogen and oxygen atoms in total. The lowest BCUT2D eigenvalue weighted by Gasteiger charge is -2.26. The van der Waals surface area contributed by atoms with Crippen LogP contribution in [0.5, 0.6) is 0 Å². The number of hydrogen-bond donors (Lipinski definition) is 1. The Bertz CT molecular complexity index is 191. The van der Waals surface area contributed by atoms with E-state index in [0.29, 0.717) is 0 Å². The van der Waals surface area contributed by atoms with E-state index in [-0.39, 0.29) is 25.4 Å². The third kappa shape index (κ3) is 6.30. The third-order valence-corrected chi connectivity index (χ3v) is 2.57. The van der Waals surface area contributed by atoms with Crippen LogP contribution in [0.4, 0.5) is 13.2 Å². The van der Waals surface area contributed by atoms with E-state index in [4.69, 9.17) is 10.5 Å². The van der Waals surface area contributed by atoms with Gasteiger partial charge in [-0.15, -0.1) is 0 Å². The van der Waals surface area contributed by atoms with Gasteiger partial charge in [-0.1, -0.05) is 0 Å². The number of ether oxygens (including phenoxy) is 2. The quantitative estimate of drug-likeness (QED) is 0.747. The first-order chi connectivity index (χ1) is 7.47. The van der Waals surface area contributed by atoms with Crippen LogP contribution < -0.4 is 5.73 Å². The van der Waals surface area contributed by atoms with Crippen LogP contribution in [0.15, 0.2) is 0 Å². The van der Waals surface area contributed by atoms with Gasteiger partial charge in [0, 0.05) is 6.04 Å². The molecule has 0 atom stereocenters. The highest BCUT2D eigenvalue weighted by atomic mass is 19.4. The number of alkyl halides is 3. The lowest BCUT2D eigenvalue weighted by atomic mass is 9.94. The number of halogens is 3. The maximum atomic E-state index is 11.7. The van der Waals surface area contributed by atoms with E-state index in [2.05, 4.69) is 4.74 Å². The molecular formula is C10H18F3NO2. The highest BCUT2D eigenvalue weighted by molar-refractivity contribution is 4.74. The lowest BCUT2D eigenvalue weighted by molar-refractivity contribution is -0.177. The van der Waals surface area contributed by atoms with Gasteiger partial charge in [0.15, 0.2) is 0 Å². The zero-order valence-corrected chi connectivity index (χ0v) is 9.13. The summed E-state index contributed by atoms with van der Waals surface area (Å²) in [6.45, 7) is -0.996. The van der Waals surface area contributed by atoms with Gasteiger partial charge in [0.1, 0.15) is 6.61 Å². The predicted octanol–water partition coefficient (Wildman–Crippen LogP) is 1.85. The first-order valence-corrected chi connectivity index (χ1v) is 5.49. The van der Waals surface area contributed by atoms with E-state index in [9.17, 15) is 13.2 Å². The van der Waals surface area contributed by atoms with E-state index in [1.54, 1.807) is 0 Å². The SMILES string of the molecule is NC1CCC(OCCOCC(F)(F)F)CC1. The molecule has 2 N–H and O–H groups in total. The molecule has 1 rings (SSSR count). The fraction of sp³-hybridized carbons (Fsp3) is 1.00. The highest BCUT2D eigenvalue weighted by Crippen LogP contribution is 2.19. The molecule has 96 valence electrons. The van der Waals surface area contributed by atoms with Crippen molar-refractivity contribution < 1.29 is 22.6 Å². The molecule has 1 fully saturated rings. The Hall–Kier alpha value is -0.330. The minimum absolute atomic E-state index is 0.0118. The molecule has 0 aromatic heterocycles. The second-order valence-electron chi connectivity index (χ2n) is 4.08. The van der Waals surface area contributed by atoms with Crippen molar-refractivity contribution in [1.82, 2.24) is 0 Å². The average molecular weight is 241 g/mol. The Morgan fingerprint density at radius 2 is 1.69 bits per heavy atom. The van der Waals surface area contributed by atoms with Crippen molar-refractivity contribution in [3.8, 4) is 0 Å². The second kappa shape index (κ2) is 6.42. The van der Waals surface area contributed by atoms with Gasteiger partial charge in [0.25, 0.3) is 0 Å². The summed E-state index contributed by atoms with van der Waals surface area (Å²) in [5, 5.41) is 0. The molecule has 0 saturated heterocycles. The number of rotatable bonds is 5. The average Bonchev–Trinajstić information content (AvgIpc) is 2.19. The molecule has 16 heavy (non-hydrogen) atoms. The van der Waals surface area contributed by atoms with Gasteiger partial charge < -0.3 is 15.2 Å². The molecule has 6 heteroatoms. The van der Waals surface area contributed by atoms with Gasteiger partial charge in [0.05, 0.1) is 19.3 Å². The molecule has 1 aliphatic carbocycles. The largest absolute Gasteiger partial charge is 0.411 e. The van der Waals surface area contributed by atoms with E-state index >= 15 is 0 Å². The van der Waals surface area contributed by atoms with Crippen LogP contribution in [0.2, 0.25) is 0 Å². The monoisotopic (exact) mass is 241 g/mol. The molecule has 1 saturated carbocycles. The van der Waals surface area contributed by atoms with Crippen molar-refractivity contribution in [2.75, 3.05) is 19.8 Å². The molecule has 0 aromatic carbocycles. The summed E-state index contributed by atoms with van der Waals surface area (Å²) in [5.41, 5.74) is 5.72. The molecule has 0 bridgehead atoms. The van der Waals surface area contributed by atoms with Crippen LogP contribution in [0.1, 0.15) is 25.7 Å². The Labute approximate surface area is 93.1 Å². The Kier molecular flexibility index (Phi) is 5.51. The smallest absolute Gasteiger partial charge is 0.376 e. The maximum absolute atomic E-state index is 11.7. The van der Waals surface area contributed by atoms with E-state index in [1.807, 2.05) is 0 Å². The third-order valence-electron chi connectivity index (χ3n) is 2.57. The molecule has 0 unspecified atom stereocenters. The first-order valence-electron chi connectivity index (χ1n) is 5.49. The van der Waals surface area contributed by atoms with Gasteiger partial charge in [-0.25, -0.2) is 0 Å². The normalized spacial score (nSPS) is 27.0. The fourth-order valence-corrected chi connectivity index (χ4v) is 1.72. The first kappa shape index (κ1) is 13.7. The van der Waals surface area contributed by atoms with Crippen molar-refractivity contribution in [2.45, 2.75) is 44.0 Å². The standard InChI is InChI=1S/C10H18F3NO2/c11-10(12,13)7-15-5-6-16-9-3-1-8(14)2-4-9/h8-9H,1-7,14H2. The van der Waals surface area contributed by atoms with Gasteiger partial charge in [-0.05, 0) is 25.7 Å². The van der Waals surface area contributed by atoms with Crippen molar-refractivity contribution >= 4 is 0 Å². The Balaban J connectivity index is 1.95. The van der Waals surface area contributed by atoms with Crippen LogP contribution >= 0.6 is 0 Å². The van der Waals surface area contributed by atoms with Crippen molar-refractivity contribution in [3.63, 3.8) is 0 Å². The van der Waals surface area contributed by atoms with Crippen LogP contribution in [0, 0.1) is 0 Å². The van der Waals surface area contributed by atoms with Gasteiger partial charge in [-0.3, -0.25) is 0 Å². The summed E-state index contributed by atoms with van der Waals surface area (Å²) in [7, 11) is 0. The molecule has 0 aromatic rings. The summed E-state index contributed by atoms with van der Waals surface area (Å²) < 4.78 is 44.9. The summed E-state index contributed by atoms with van der Waals surface area (Å²) in [6, 6.07) is 0.251. The van der Waals surface area contributed by atoms with Gasteiger partial charge in [0.2, 0.25) is 0 Å². The second-order valence-corrected chi connectivity index (χ2v) is 4.08. The summed E-state index contributed by atoms with van der Waals surface area (Å²) in [5.74, 6) is 0. The van der Waals surface area contributed by atoms with Crippen molar-refractivity contribution in [1.29, 1.82) is 0 Å². The summed E-state index contributed by atoms with van der Waals surface area (Å²) in [4.78, 5) is 0. The van der Waals surface area contributed by atoms with E-state index in [0.717, 1.165) is 25.7 Å². The summed E-state index contributed by atoms with van der Waals surface area (Å²) in [6.07, 6.45) is -0.491. The highest BCUT2D eigenvalue weighted by Gasteiger charge is 2.27. The zero-order valence-electron chi connectivity index (χ0n) is 9.13.